The van der Waals surface area contributed by atoms with Crippen molar-refractivity contribution in [3.8, 4) is 5.75 Å². The van der Waals surface area contributed by atoms with Crippen LogP contribution < -0.4 is 25.6 Å². The van der Waals surface area contributed by atoms with Crippen molar-refractivity contribution >= 4 is 64.7 Å². The number of hydrogen-bond donors (Lipinski definition) is 3. The van der Waals surface area contributed by atoms with Crippen molar-refractivity contribution in [1.82, 2.24) is 29.8 Å². The molecule has 0 amide bonds. The van der Waals surface area contributed by atoms with Crippen LogP contribution in [0.4, 0.5) is 42.0 Å². The lowest BCUT2D eigenvalue weighted by Gasteiger charge is -2.35. The van der Waals surface area contributed by atoms with Gasteiger partial charge in [-0.1, -0.05) is 0 Å². The Balaban J connectivity index is 1.37. The summed E-state index contributed by atoms with van der Waals surface area (Å²) >= 11 is 0. The largest absolute Gasteiger partial charge is 0.482 e. The predicted molar refractivity (Wildman–Crippen MR) is 162 cm³/mol. The molecule has 15 heteroatoms. The summed E-state index contributed by atoms with van der Waals surface area (Å²) in [4.78, 5) is 25.2. The number of ether oxygens (including phenoxy) is 1. The summed E-state index contributed by atoms with van der Waals surface area (Å²) in [6.45, 7) is 3.65. The van der Waals surface area contributed by atoms with Crippen molar-refractivity contribution in [1.29, 1.82) is 0 Å². The Bertz CT molecular complexity index is 1810. The van der Waals surface area contributed by atoms with Crippen LogP contribution in [0.3, 0.4) is 0 Å². The topological polar surface area (TPSA) is 124 Å². The summed E-state index contributed by atoms with van der Waals surface area (Å²) in [7, 11) is 0.676. The van der Waals surface area contributed by atoms with E-state index in [0.29, 0.717) is 44.6 Å². The normalized spacial score (nSPS) is 14.7. The van der Waals surface area contributed by atoms with Crippen molar-refractivity contribution in [3.63, 3.8) is 0 Å². The zero-order valence-electron chi connectivity index (χ0n) is 23.4. The number of fused-ring (bicyclic) bond motifs is 2. The second-order valence-corrected chi connectivity index (χ2v) is 11.1. The number of benzene rings is 2. The number of halogens is 3. The third-order valence-corrected chi connectivity index (χ3v) is 8.07. The molecule has 3 aromatic heterocycles. The number of aryl methyl sites for hydroxylation is 1. The molecule has 1 fully saturated rings. The quantitative estimate of drug-likeness (QED) is 0.212. The maximum Gasteiger partial charge on any atom is 0.422 e. The first-order valence-electron chi connectivity index (χ1n) is 13.5. The molecule has 6 rings (SSSR count). The van der Waals surface area contributed by atoms with Crippen LogP contribution in [0, 0.1) is 6.92 Å². The van der Waals surface area contributed by atoms with E-state index in [9.17, 15) is 17.7 Å². The zero-order valence-corrected chi connectivity index (χ0v) is 24.5. The maximum atomic E-state index is 13.2. The second kappa shape index (κ2) is 11.7. The van der Waals surface area contributed by atoms with Crippen LogP contribution in [0.5, 0.6) is 5.75 Å². The molecule has 3 N–H and O–H groups in total. The van der Waals surface area contributed by atoms with Crippen molar-refractivity contribution in [2.24, 2.45) is 0 Å². The molecule has 2 aromatic carbocycles. The molecule has 0 radical (unpaired) electrons. The monoisotopic (exact) mass is 611 g/mol. The van der Waals surface area contributed by atoms with E-state index in [2.05, 4.69) is 45.4 Å². The molecule has 11 nitrogen and oxygen atoms in total. The number of H-pyrrole nitrogens is 1. The minimum atomic E-state index is -4.52. The summed E-state index contributed by atoms with van der Waals surface area (Å²) in [5.41, 5.74) is 4.15. The smallest absolute Gasteiger partial charge is 0.422 e. The molecular formula is C28H29F3N9O2P. The Morgan fingerprint density at radius 2 is 1.81 bits per heavy atom. The molecule has 0 spiro atoms. The van der Waals surface area contributed by atoms with Gasteiger partial charge in [-0.3, -0.25) is 9.97 Å². The number of hydrogen-bond acceptors (Lipinski definition) is 10. The number of alkyl halides is 3. The highest BCUT2D eigenvalue weighted by Crippen LogP contribution is 2.37. The standard InChI is InChI=1S/C28H29F3N9O2P/c1-16-13-20(22(42-15-28(29,30)31)14-21(16)40-11-9-39(2)10-12-40)36-27-37-25-17(5-6-34-25)26(38-27)35-19-4-3-18-23(24(19)43-41)33-8-7-32-18/h3-8,13-14H,9-12,15,43H2,1-2H3,(H3,34,35,36,37,38). The predicted octanol–water partition coefficient (Wildman–Crippen LogP) is 4.77. The highest BCUT2D eigenvalue weighted by Gasteiger charge is 2.29. The Hall–Kier alpha value is -4.42. The van der Waals surface area contributed by atoms with E-state index in [-0.39, 0.29) is 11.7 Å². The fourth-order valence-corrected chi connectivity index (χ4v) is 5.70. The number of nitrogens with one attached hydrogen (secondary N) is 3. The first-order valence-corrected chi connectivity index (χ1v) is 14.6. The zero-order chi connectivity index (χ0) is 30.1. The molecule has 43 heavy (non-hydrogen) atoms. The number of piperazine rings is 1. The number of aromatic nitrogens is 5. The van der Waals surface area contributed by atoms with Gasteiger partial charge < -0.3 is 34.7 Å². The molecular weight excluding hydrogens is 582 g/mol. The molecule has 0 aliphatic carbocycles. The SMILES string of the molecule is Cc1cc(Nc2nc(Nc3ccc4nccnc4c3[PH2]=O)c3cc[nH]c3n2)c(OCC(F)(F)F)cc1N1CCN(C)CC1. The van der Waals surface area contributed by atoms with Crippen LogP contribution in [0.15, 0.2) is 48.9 Å². The van der Waals surface area contributed by atoms with Gasteiger partial charge in [0.1, 0.15) is 22.7 Å². The fraction of sp³-hybridized carbons (Fsp3) is 0.286. The fourth-order valence-electron chi connectivity index (χ4n) is 5.07. The van der Waals surface area contributed by atoms with E-state index in [1.54, 1.807) is 42.7 Å². The average molecular weight is 612 g/mol. The number of likely N-dealkylation sites (N-methyl/N-ethyl adjacent to an activating group) is 1. The number of anilines is 5. The van der Waals surface area contributed by atoms with E-state index in [1.165, 1.54) is 6.20 Å². The molecule has 0 saturated carbocycles. The van der Waals surface area contributed by atoms with Gasteiger partial charge in [-0.2, -0.15) is 23.1 Å². The van der Waals surface area contributed by atoms with Gasteiger partial charge in [0.2, 0.25) is 5.95 Å². The molecule has 4 heterocycles. The van der Waals surface area contributed by atoms with Gasteiger partial charge in [-0.05, 0) is 43.8 Å². The molecule has 1 aliphatic rings. The summed E-state index contributed by atoms with van der Waals surface area (Å²) < 4.78 is 57.2. The van der Waals surface area contributed by atoms with Crippen molar-refractivity contribution in [3.05, 3.63) is 54.5 Å². The van der Waals surface area contributed by atoms with E-state index < -0.39 is 21.2 Å². The van der Waals surface area contributed by atoms with Crippen LogP contribution in [-0.4, -0.2) is 75.8 Å². The van der Waals surface area contributed by atoms with Crippen molar-refractivity contribution in [2.75, 3.05) is 55.4 Å². The lowest BCUT2D eigenvalue weighted by Crippen LogP contribution is -2.44. The van der Waals surface area contributed by atoms with Gasteiger partial charge in [0.05, 0.1) is 36.0 Å². The van der Waals surface area contributed by atoms with Crippen LogP contribution in [0.25, 0.3) is 22.1 Å². The Labute approximate surface area is 245 Å². The molecule has 1 unspecified atom stereocenters. The first kappa shape index (κ1) is 28.7. The Morgan fingerprint density at radius 1 is 1.02 bits per heavy atom. The van der Waals surface area contributed by atoms with Gasteiger partial charge >= 0.3 is 6.18 Å². The van der Waals surface area contributed by atoms with Gasteiger partial charge in [0, 0.05) is 56.5 Å². The molecule has 1 atom stereocenters. The minimum absolute atomic E-state index is 0.0342. The summed E-state index contributed by atoms with van der Waals surface area (Å²) in [5, 5.41) is 7.50. The van der Waals surface area contributed by atoms with Gasteiger partial charge in [0.25, 0.3) is 0 Å². The lowest BCUT2D eigenvalue weighted by molar-refractivity contribution is -0.153. The lowest BCUT2D eigenvalue weighted by atomic mass is 10.1. The molecule has 1 saturated heterocycles. The van der Waals surface area contributed by atoms with Crippen LogP contribution in [0.2, 0.25) is 0 Å². The van der Waals surface area contributed by atoms with Crippen molar-refractivity contribution in [2.45, 2.75) is 13.1 Å². The third-order valence-electron chi connectivity index (χ3n) is 7.25. The molecule has 1 aliphatic heterocycles. The van der Waals surface area contributed by atoms with E-state index in [1.807, 2.05) is 14.0 Å². The van der Waals surface area contributed by atoms with Gasteiger partial charge in [-0.15, -0.1) is 0 Å². The van der Waals surface area contributed by atoms with E-state index in [4.69, 9.17) is 4.74 Å². The Morgan fingerprint density at radius 3 is 2.58 bits per heavy atom. The van der Waals surface area contributed by atoms with Gasteiger partial charge in [-0.25, -0.2) is 0 Å². The van der Waals surface area contributed by atoms with Crippen molar-refractivity contribution < 1.29 is 22.5 Å². The van der Waals surface area contributed by atoms with E-state index >= 15 is 0 Å². The van der Waals surface area contributed by atoms with Crippen LogP contribution >= 0.6 is 8.46 Å². The highest BCUT2D eigenvalue weighted by molar-refractivity contribution is 7.35. The summed E-state index contributed by atoms with van der Waals surface area (Å²) in [6.07, 6.45) is 0.291. The van der Waals surface area contributed by atoms with Crippen LogP contribution in [-0.2, 0) is 4.57 Å². The first-order chi connectivity index (χ1) is 20.7. The summed E-state index contributed by atoms with van der Waals surface area (Å²) in [6, 6.07) is 8.70. The molecule has 5 aromatic rings. The summed E-state index contributed by atoms with van der Waals surface area (Å²) in [5.74, 6) is 0.555. The number of rotatable bonds is 8. The number of aromatic amines is 1. The molecule has 224 valence electrons. The van der Waals surface area contributed by atoms with Crippen LogP contribution in [0.1, 0.15) is 5.56 Å². The number of nitrogens with zero attached hydrogens (tertiary/aromatic N) is 6. The van der Waals surface area contributed by atoms with E-state index in [0.717, 1.165) is 37.4 Å². The maximum absolute atomic E-state index is 13.2. The third kappa shape index (κ3) is 6.20. The van der Waals surface area contributed by atoms with Gasteiger partial charge in [0.15, 0.2) is 6.61 Å². The molecule has 0 bridgehead atoms. The average Bonchev–Trinajstić information content (AvgIpc) is 3.46. The Kier molecular flexibility index (Phi) is 7.80. The second-order valence-electron chi connectivity index (χ2n) is 10.3. The highest BCUT2D eigenvalue weighted by atomic mass is 31.1. The minimum Gasteiger partial charge on any atom is -0.482 e.